The molecule has 106 valence electrons. The van der Waals surface area contributed by atoms with Gasteiger partial charge >= 0.3 is 6.36 Å². The minimum absolute atomic E-state index is 0.163. The highest BCUT2D eigenvalue weighted by molar-refractivity contribution is 5.31. The lowest BCUT2D eigenvalue weighted by molar-refractivity contribution is -0.274. The number of hydrazine groups is 1. The van der Waals surface area contributed by atoms with Crippen LogP contribution in [0.25, 0.3) is 0 Å². The molecule has 0 heterocycles. The van der Waals surface area contributed by atoms with E-state index in [2.05, 4.69) is 17.1 Å². The van der Waals surface area contributed by atoms with E-state index in [9.17, 15) is 13.2 Å². The summed E-state index contributed by atoms with van der Waals surface area (Å²) in [6.45, 7) is 2.06. The average molecular weight is 274 g/mol. The van der Waals surface area contributed by atoms with Crippen molar-refractivity contribution >= 4 is 0 Å². The molecule has 1 fully saturated rings. The van der Waals surface area contributed by atoms with Crippen LogP contribution in [0, 0.1) is 11.8 Å². The lowest BCUT2D eigenvalue weighted by Gasteiger charge is -2.24. The Bertz CT molecular complexity index is 432. The minimum Gasteiger partial charge on any atom is -0.406 e. The molecule has 3 nitrogen and oxygen atoms in total. The molecule has 0 saturated heterocycles. The molecule has 1 aromatic rings. The normalized spacial score (nSPS) is 19.0. The van der Waals surface area contributed by atoms with E-state index >= 15 is 0 Å². The molecule has 0 spiro atoms. The predicted octanol–water partition coefficient (Wildman–Crippen LogP) is 3.14. The summed E-state index contributed by atoms with van der Waals surface area (Å²) < 4.78 is 40.5. The molecule has 0 bridgehead atoms. The molecule has 1 aliphatic carbocycles. The van der Waals surface area contributed by atoms with E-state index < -0.39 is 6.36 Å². The van der Waals surface area contributed by atoms with Gasteiger partial charge in [-0.1, -0.05) is 19.1 Å². The Hall–Kier alpha value is -1.27. The number of alkyl halides is 3. The van der Waals surface area contributed by atoms with Gasteiger partial charge in [-0.2, -0.15) is 0 Å². The summed E-state index contributed by atoms with van der Waals surface area (Å²) in [6, 6.07) is 5.81. The number of hydrogen-bond acceptors (Lipinski definition) is 3. The van der Waals surface area contributed by atoms with E-state index in [1.165, 1.54) is 12.1 Å². The van der Waals surface area contributed by atoms with Crippen LogP contribution in [0.5, 0.6) is 5.75 Å². The van der Waals surface area contributed by atoms with Crippen molar-refractivity contribution in [3.63, 3.8) is 0 Å². The molecular weight excluding hydrogens is 257 g/mol. The van der Waals surface area contributed by atoms with E-state index in [-0.39, 0.29) is 17.7 Å². The fraction of sp³-hybridized carbons (Fsp3) is 0.538. The number of benzene rings is 1. The Balaban J connectivity index is 2.16. The standard InChI is InChI=1S/C13H17F3N2O/c1-8(9-5-6-9)12(18-17)10-3-2-4-11(7-10)19-13(14,15)16/h2-4,7-9,12,18H,5-6,17H2,1H3. The molecule has 0 radical (unpaired) electrons. The monoisotopic (exact) mass is 274 g/mol. The van der Waals surface area contributed by atoms with Gasteiger partial charge in [0.1, 0.15) is 5.75 Å². The first-order valence-electron chi connectivity index (χ1n) is 6.22. The maximum Gasteiger partial charge on any atom is 0.573 e. The van der Waals surface area contributed by atoms with E-state index in [4.69, 9.17) is 5.84 Å². The van der Waals surface area contributed by atoms with Crippen molar-refractivity contribution in [3.8, 4) is 5.75 Å². The summed E-state index contributed by atoms with van der Waals surface area (Å²) in [5.74, 6) is 6.20. The molecule has 1 saturated carbocycles. The van der Waals surface area contributed by atoms with Crippen molar-refractivity contribution in [3.05, 3.63) is 29.8 Å². The highest BCUT2D eigenvalue weighted by Crippen LogP contribution is 2.42. The zero-order chi connectivity index (χ0) is 14.0. The fourth-order valence-electron chi connectivity index (χ4n) is 2.35. The molecule has 19 heavy (non-hydrogen) atoms. The predicted molar refractivity (Wildman–Crippen MR) is 65.1 cm³/mol. The van der Waals surface area contributed by atoms with Crippen LogP contribution in [-0.4, -0.2) is 6.36 Å². The number of nitrogens with two attached hydrogens (primary N) is 1. The Morgan fingerprint density at radius 2 is 2.05 bits per heavy atom. The van der Waals surface area contributed by atoms with Crippen molar-refractivity contribution in [2.75, 3.05) is 0 Å². The van der Waals surface area contributed by atoms with E-state index in [0.29, 0.717) is 11.5 Å². The van der Waals surface area contributed by atoms with Crippen LogP contribution in [0.4, 0.5) is 13.2 Å². The van der Waals surface area contributed by atoms with Crippen molar-refractivity contribution < 1.29 is 17.9 Å². The SMILES string of the molecule is CC(C1CC1)C(NN)c1cccc(OC(F)(F)F)c1. The Labute approximate surface area is 109 Å². The van der Waals surface area contributed by atoms with Crippen molar-refractivity contribution in [1.29, 1.82) is 0 Å². The molecule has 2 unspecified atom stereocenters. The zero-order valence-electron chi connectivity index (χ0n) is 10.6. The Morgan fingerprint density at radius 3 is 2.58 bits per heavy atom. The van der Waals surface area contributed by atoms with Crippen LogP contribution in [-0.2, 0) is 0 Å². The first kappa shape index (κ1) is 14.1. The van der Waals surface area contributed by atoms with E-state index in [0.717, 1.165) is 12.8 Å². The van der Waals surface area contributed by atoms with Gasteiger partial charge in [0.2, 0.25) is 0 Å². The van der Waals surface area contributed by atoms with Crippen LogP contribution in [0.3, 0.4) is 0 Å². The summed E-state index contributed by atoms with van der Waals surface area (Å²) in [4.78, 5) is 0. The first-order chi connectivity index (χ1) is 8.90. The van der Waals surface area contributed by atoms with Gasteiger partial charge in [0, 0.05) is 6.04 Å². The van der Waals surface area contributed by atoms with Gasteiger partial charge < -0.3 is 4.74 Å². The van der Waals surface area contributed by atoms with Crippen LogP contribution in [0.1, 0.15) is 31.4 Å². The van der Waals surface area contributed by atoms with Crippen molar-refractivity contribution in [1.82, 2.24) is 5.43 Å². The summed E-state index contributed by atoms with van der Waals surface area (Å²) in [6.07, 6.45) is -2.37. The molecule has 6 heteroatoms. The Morgan fingerprint density at radius 1 is 1.37 bits per heavy atom. The van der Waals surface area contributed by atoms with Gasteiger partial charge in [-0.25, -0.2) is 0 Å². The highest BCUT2D eigenvalue weighted by atomic mass is 19.4. The Kier molecular flexibility index (Phi) is 4.01. The number of hydrogen-bond donors (Lipinski definition) is 2. The van der Waals surface area contributed by atoms with Gasteiger partial charge in [-0.05, 0) is 42.4 Å². The lowest BCUT2D eigenvalue weighted by atomic mass is 9.91. The summed E-state index contributed by atoms with van der Waals surface area (Å²) >= 11 is 0. The van der Waals surface area contributed by atoms with Crippen LogP contribution >= 0.6 is 0 Å². The number of nitrogens with one attached hydrogen (secondary N) is 1. The van der Waals surface area contributed by atoms with Crippen LogP contribution < -0.4 is 16.0 Å². The largest absolute Gasteiger partial charge is 0.573 e. The quantitative estimate of drug-likeness (QED) is 0.640. The smallest absolute Gasteiger partial charge is 0.406 e. The molecule has 0 amide bonds. The average Bonchev–Trinajstić information content (AvgIpc) is 3.11. The number of rotatable bonds is 5. The summed E-state index contributed by atoms with van der Waals surface area (Å²) in [5, 5.41) is 0. The van der Waals surface area contributed by atoms with E-state index in [1.54, 1.807) is 12.1 Å². The maximum absolute atomic E-state index is 12.2. The second-order valence-electron chi connectivity index (χ2n) is 4.96. The molecule has 2 rings (SSSR count). The van der Waals surface area contributed by atoms with E-state index in [1.807, 2.05) is 0 Å². The van der Waals surface area contributed by atoms with Crippen LogP contribution in [0.15, 0.2) is 24.3 Å². The molecular formula is C13H17F3N2O. The number of ether oxygens (including phenoxy) is 1. The molecule has 1 aliphatic rings. The summed E-state index contributed by atoms with van der Waals surface area (Å²) in [5.41, 5.74) is 3.40. The highest BCUT2D eigenvalue weighted by Gasteiger charge is 2.34. The second kappa shape index (κ2) is 5.38. The van der Waals surface area contributed by atoms with Crippen LogP contribution in [0.2, 0.25) is 0 Å². The molecule has 1 aromatic carbocycles. The molecule has 2 atom stereocenters. The lowest BCUT2D eigenvalue weighted by Crippen LogP contribution is -2.33. The van der Waals surface area contributed by atoms with Gasteiger partial charge in [-0.15, -0.1) is 13.2 Å². The number of halogens is 3. The molecule has 0 aromatic heterocycles. The molecule has 0 aliphatic heterocycles. The third-order valence-corrected chi connectivity index (χ3v) is 3.52. The topological polar surface area (TPSA) is 47.3 Å². The summed E-state index contributed by atoms with van der Waals surface area (Å²) in [7, 11) is 0. The fourth-order valence-corrected chi connectivity index (χ4v) is 2.35. The zero-order valence-corrected chi connectivity index (χ0v) is 10.6. The van der Waals surface area contributed by atoms with Gasteiger partial charge in [0.25, 0.3) is 0 Å². The van der Waals surface area contributed by atoms with Crippen molar-refractivity contribution in [2.45, 2.75) is 32.2 Å². The van der Waals surface area contributed by atoms with Gasteiger partial charge in [0.05, 0.1) is 0 Å². The third-order valence-electron chi connectivity index (χ3n) is 3.52. The molecule has 3 N–H and O–H groups in total. The third kappa shape index (κ3) is 3.84. The van der Waals surface area contributed by atoms with Crippen molar-refractivity contribution in [2.24, 2.45) is 17.7 Å². The second-order valence-corrected chi connectivity index (χ2v) is 4.96. The van der Waals surface area contributed by atoms with Gasteiger partial charge in [-0.3, -0.25) is 11.3 Å². The van der Waals surface area contributed by atoms with Gasteiger partial charge in [0.15, 0.2) is 0 Å². The minimum atomic E-state index is -4.67. The first-order valence-corrected chi connectivity index (χ1v) is 6.22. The maximum atomic E-state index is 12.2.